The molecule has 0 saturated heterocycles. The van der Waals surface area contributed by atoms with Crippen molar-refractivity contribution in [3.63, 3.8) is 0 Å². The molecular weight excluding hydrogens is 306 g/mol. The average molecular weight is 346 g/mol. The van der Waals surface area contributed by atoms with Crippen LogP contribution in [0.1, 0.15) is 85.5 Å². The molecule has 142 valence electrons. The summed E-state index contributed by atoms with van der Waals surface area (Å²) in [5.74, 6) is 4.11. The van der Waals surface area contributed by atoms with E-state index in [0.717, 1.165) is 23.5 Å². The van der Waals surface area contributed by atoms with Crippen molar-refractivity contribution in [3.05, 3.63) is 12.2 Å². The molecule has 4 unspecified atom stereocenters. The van der Waals surface area contributed by atoms with Gasteiger partial charge in [-0.3, -0.25) is 0 Å². The summed E-state index contributed by atoms with van der Waals surface area (Å²) in [5, 5.41) is 0. The van der Waals surface area contributed by atoms with E-state index in [1.165, 1.54) is 57.8 Å². The van der Waals surface area contributed by atoms with Crippen molar-refractivity contribution in [1.29, 1.82) is 0 Å². The predicted molar refractivity (Wildman–Crippen MR) is 110 cm³/mol. The van der Waals surface area contributed by atoms with Gasteiger partial charge in [0.1, 0.15) is 17.8 Å². The van der Waals surface area contributed by atoms with Crippen molar-refractivity contribution in [1.82, 2.24) is 4.90 Å². The molecule has 4 atom stereocenters. The second-order valence-electron chi connectivity index (χ2n) is 8.07. The SMILES string of the molecule is CCCCCC1C=CC(C2N=C(C)N=C(C)N2C)C(CCCCC)C1. The highest BCUT2D eigenvalue weighted by atomic mass is 15.3. The van der Waals surface area contributed by atoms with Crippen LogP contribution in [0, 0.1) is 17.8 Å². The van der Waals surface area contributed by atoms with E-state index in [9.17, 15) is 0 Å². The maximum absolute atomic E-state index is 4.92. The molecule has 1 aliphatic heterocycles. The Bertz CT molecular complexity index is 492. The Morgan fingerprint density at radius 2 is 1.68 bits per heavy atom. The molecule has 25 heavy (non-hydrogen) atoms. The smallest absolute Gasteiger partial charge is 0.130 e. The summed E-state index contributed by atoms with van der Waals surface area (Å²) in [6, 6.07) is 0. The number of hydrogen-bond donors (Lipinski definition) is 0. The van der Waals surface area contributed by atoms with Crippen molar-refractivity contribution >= 4 is 11.7 Å². The van der Waals surface area contributed by atoms with Crippen LogP contribution in [0.25, 0.3) is 0 Å². The summed E-state index contributed by atoms with van der Waals surface area (Å²) < 4.78 is 0. The Labute approximate surface area is 155 Å². The molecule has 0 aromatic heterocycles. The van der Waals surface area contributed by atoms with Crippen LogP contribution in [-0.4, -0.2) is 29.8 Å². The molecular formula is C22H39N3. The van der Waals surface area contributed by atoms with E-state index in [4.69, 9.17) is 4.99 Å². The van der Waals surface area contributed by atoms with Gasteiger partial charge >= 0.3 is 0 Å². The second-order valence-corrected chi connectivity index (χ2v) is 8.07. The van der Waals surface area contributed by atoms with E-state index >= 15 is 0 Å². The Morgan fingerprint density at radius 3 is 2.36 bits per heavy atom. The third-order valence-corrected chi connectivity index (χ3v) is 6.01. The fraction of sp³-hybridized carbons (Fsp3) is 0.818. The van der Waals surface area contributed by atoms with Gasteiger partial charge < -0.3 is 4.90 Å². The van der Waals surface area contributed by atoms with E-state index in [1.807, 2.05) is 6.92 Å². The lowest BCUT2D eigenvalue weighted by molar-refractivity contribution is 0.184. The van der Waals surface area contributed by atoms with E-state index in [0.29, 0.717) is 5.92 Å². The molecule has 2 aliphatic rings. The second kappa shape index (κ2) is 10.1. The van der Waals surface area contributed by atoms with Crippen LogP contribution in [0.2, 0.25) is 0 Å². The molecule has 3 nitrogen and oxygen atoms in total. The van der Waals surface area contributed by atoms with Crippen LogP contribution in [0.4, 0.5) is 0 Å². The van der Waals surface area contributed by atoms with Crippen LogP contribution >= 0.6 is 0 Å². The molecule has 0 amide bonds. The van der Waals surface area contributed by atoms with Gasteiger partial charge in [-0.25, -0.2) is 9.98 Å². The lowest BCUT2D eigenvalue weighted by Gasteiger charge is -2.41. The van der Waals surface area contributed by atoms with E-state index < -0.39 is 0 Å². The average Bonchev–Trinajstić information content (AvgIpc) is 2.59. The van der Waals surface area contributed by atoms with Gasteiger partial charge in [0.05, 0.1) is 0 Å². The number of rotatable bonds is 9. The third kappa shape index (κ3) is 5.69. The lowest BCUT2D eigenvalue weighted by Crippen LogP contribution is -2.45. The summed E-state index contributed by atoms with van der Waals surface area (Å²) in [6.07, 6.45) is 17.4. The summed E-state index contributed by atoms with van der Waals surface area (Å²) in [7, 11) is 2.16. The highest BCUT2D eigenvalue weighted by Crippen LogP contribution is 2.38. The molecule has 0 N–H and O–H groups in total. The zero-order valence-electron chi connectivity index (χ0n) is 17.2. The molecule has 0 aromatic carbocycles. The molecule has 0 bridgehead atoms. The Balaban J connectivity index is 2.09. The Morgan fingerprint density at radius 1 is 1.00 bits per heavy atom. The zero-order valence-corrected chi connectivity index (χ0v) is 17.2. The fourth-order valence-electron chi connectivity index (χ4n) is 4.40. The first-order valence-electron chi connectivity index (χ1n) is 10.6. The third-order valence-electron chi connectivity index (χ3n) is 6.01. The first-order chi connectivity index (χ1) is 12.1. The van der Waals surface area contributed by atoms with Gasteiger partial charge in [-0.05, 0) is 44.9 Å². The Hall–Kier alpha value is -1.12. The lowest BCUT2D eigenvalue weighted by atomic mass is 9.73. The summed E-state index contributed by atoms with van der Waals surface area (Å²) in [4.78, 5) is 11.7. The quantitative estimate of drug-likeness (QED) is 0.368. The largest absolute Gasteiger partial charge is 0.341 e. The van der Waals surface area contributed by atoms with Gasteiger partial charge in [0.15, 0.2) is 0 Å². The first-order valence-corrected chi connectivity index (χ1v) is 10.6. The van der Waals surface area contributed by atoms with Gasteiger partial charge in [0, 0.05) is 13.0 Å². The Kier molecular flexibility index (Phi) is 8.18. The van der Waals surface area contributed by atoms with Gasteiger partial charge in [0.2, 0.25) is 0 Å². The highest BCUT2D eigenvalue weighted by molar-refractivity contribution is 5.96. The van der Waals surface area contributed by atoms with Crippen molar-refractivity contribution in [3.8, 4) is 0 Å². The highest BCUT2D eigenvalue weighted by Gasteiger charge is 2.35. The molecule has 1 aliphatic carbocycles. The van der Waals surface area contributed by atoms with Gasteiger partial charge in [-0.2, -0.15) is 0 Å². The maximum Gasteiger partial charge on any atom is 0.130 e. The number of aliphatic imine (C=N–C) groups is 2. The number of nitrogens with zero attached hydrogens (tertiary/aromatic N) is 3. The normalized spacial score (nSPS) is 29.6. The standard InChI is InChI=1S/C22H39N3/c1-6-8-10-12-19-14-15-21(20(16-19)13-11-9-7-2)22-24-17(3)23-18(4)25(22)5/h14-15,19-22H,6-13,16H2,1-5H3. The fourth-order valence-corrected chi connectivity index (χ4v) is 4.40. The van der Waals surface area contributed by atoms with Gasteiger partial charge in [0.25, 0.3) is 0 Å². The van der Waals surface area contributed by atoms with Crippen LogP contribution in [0.15, 0.2) is 22.1 Å². The van der Waals surface area contributed by atoms with Crippen molar-refractivity contribution < 1.29 is 0 Å². The molecule has 2 rings (SSSR count). The molecule has 0 fully saturated rings. The predicted octanol–water partition coefficient (Wildman–Crippen LogP) is 6.06. The number of allylic oxidation sites excluding steroid dienone is 1. The maximum atomic E-state index is 4.92. The molecule has 0 aromatic rings. The van der Waals surface area contributed by atoms with Crippen molar-refractivity contribution in [2.75, 3.05) is 7.05 Å². The van der Waals surface area contributed by atoms with Gasteiger partial charge in [-0.1, -0.05) is 64.5 Å². The summed E-state index contributed by atoms with van der Waals surface area (Å²) in [5.41, 5.74) is 0. The van der Waals surface area contributed by atoms with E-state index in [2.05, 4.69) is 49.9 Å². The summed E-state index contributed by atoms with van der Waals surface area (Å²) in [6.45, 7) is 8.74. The van der Waals surface area contributed by atoms with Crippen LogP contribution in [0.3, 0.4) is 0 Å². The molecule has 0 saturated carbocycles. The first kappa shape index (κ1) is 20.2. The molecule has 0 spiro atoms. The molecule has 0 radical (unpaired) electrons. The van der Waals surface area contributed by atoms with Crippen LogP contribution in [0.5, 0.6) is 0 Å². The van der Waals surface area contributed by atoms with E-state index in [1.54, 1.807) is 0 Å². The topological polar surface area (TPSA) is 28.0 Å². The zero-order chi connectivity index (χ0) is 18.2. The number of hydrogen-bond acceptors (Lipinski definition) is 3. The molecule has 3 heteroatoms. The minimum absolute atomic E-state index is 0.233. The number of amidine groups is 2. The van der Waals surface area contributed by atoms with Crippen molar-refractivity contribution in [2.24, 2.45) is 27.7 Å². The van der Waals surface area contributed by atoms with Gasteiger partial charge in [-0.15, -0.1) is 0 Å². The van der Waals surface area contributed by atoms with Crippen LogP contribution in [-0.2, 0) is 0 Å². The van der Waals surface area contributed by atoms with E-state index in [-0.39, 0.29) is 6.17 Å². The number of unbranched alkanes of at least 4 members (excludes halogenated alkanes) is 4. The minimum atomic E-state index is 0.233. The minimum Gasteiger partial charge on any atom is -0.341 e. The van der Waals surface area contributed by atoms with Crippen LogP contribution < -0.4 is 0 Å². The summed E-state index contributed by atoms with van der Waals surface area (Å²) >= 11 is 0. The molecule has 1 heterocycles. The monoisotopic (exact) mass is 345 g/mol. The van der Waals surface area contributed by atoms with Crippen molar-refractivity contribution in [2.45, 2.75) is 91.6 Å².